The smallest absolute Gasteiger partial charge is 0.244 e. The van der Waals surface area contributed by atoms with E-state index >= 15 is 0 Å². The monoisotopic (exact) mass is 312 g/mol. The molecule has 0 radical (unpaired) electrons. The van der Waals surface area contributed by atoms with Crippen molar-refractivity contribution in [1.29, 1.82) is 0 Å². The Morgan fingerprint density at radius 1 is 1.38 bits per heavy atom. The minimum atomic E-state index is -0.762. The number of hydrogen-bond acceptors (Lipinski definition) is 4. The van der Waals surface area contributed by atoms with Crippen LogP contribution in [0.3, 0.4) is 0 Å². The molecule has 2 aliphatic heterocycles. The van der Waals surface area contributed by atoms with Crippen LogP contribution < -0.4 is 0 Å². The van der Waals surface area contributed by atoms with Gasteiger partial charge in [-0.3, -0.25) is 9.48 Å². The zero-order chi connectivity index (χ0) is 14.9. The van der Waals surface area contributed by atoms with E-state index in [1.165, 1.54) is 23.7 Å². The molecule has 1 aromatic rings. The Morgan fingerprint density at radius 2 is 2.14 bits per heavy atom. The Hall–Kier alpha value is -1.11. The predicted octanol–water partition coefficient (Wildman–Crippen LogP) is 0.596. The summed E-state index contributed by atoms with van der Waals surface area (Å²) in [6, 6.07) is 0. The minimum absolute atomic E-state index is 0.0212. The van der Waals surface area contributed by atoms with Crippen molar-refractivity contribution in [2.75, 3.05) is 32.7 Å². The Kier molecular flexibility index (Phi) is 4.19. The molecule has 1 atom stereocenters. The van der Waals surface area contributed by atoms with Crippen molar-refractivity contribution >= 4 is 17.5 Å². The Morgan fingerprint density at radius 3 is 2.81 bits per heavy atom. The molecule has 0 spiro atoms. The lowest BCUT2D eigenvalue weighted by Crippen LogP contribution is -2.45. The fourth-order valence-corrected chi connectivity index (χ4v) is 3.38. The van der Waals surface area contributed by atoms with Gasteiger partial charge in [0.05, 0.1) is 23.4 Å². The van der Waals surface area contributed by atoms with Crippen molar-refractivity contribution in [1.82, 2.24) is 19.6 Å². The van der Waals surface area contributed by atoms with Gasteiger partial charge in [-0.1, -0.05) is 11.6 Å². The molecule has 0 aromatic carbocycles. The first kappa shape index (κ1) is 14.8. The number of rotatable bonds is 4. The summed E-state index contributed by atoms with van der Waals surface area (Å²) in [5, 5.41) is 15.2. The highest BCUT2D eigenvalue weighted by Crippen LogP contribution is 2.24. The molecule has 1 amide bonds. The number of nitrogens with zero attached hydrogens (tertiary/aromatic N) is 4. The van der Waals surface area contributed by atoms with E-state index < -0.39 is 5.60 Å². The van der Waals surface area contributed by atoms with Crippen LogP contribution in [0.4, 0.5) is 0 Å². The Labute approximate surface area is 129 Å². The maximum Gasteiger partial charge on any atom is 0.244 e. The van der Waals surface area contributed by atoms with Gasteiger partial charge in [-0.05, 0) is 32.4 Å². The molecule has 0 aliphatic carbocycles. The van der Waals surface area contributed by atoms with Crippen LogP contribution in [0, 0.1) is 0 Å². The van der Waals surface area contributed by atoms with Crippen molar-refractivity contribution in [3.8, 4) is 0 Å². The summed E-state index contributed by atoms with van der Waals surface area (Å²) in [4.78, 5) is 16.3. The highest BCUT2D eigenvalue weighted by atomic mass is 35.5. The quantitative estimate of drug-likeness (QED) is 0.884. The molecule has 116 valence electrons. The van der Waals surface area contributed by atoms with Crippen LogP contribution in [-0.4, -0.2) is 68.9 Å². The third-order valence-corrected chi connectivity index (χ3v) is 4.50. The van der Waals surface area contributed by atoms with Gasteiger partial charge in [0.15, 0.2) is 0 Å². The molecule has 7 heteroatoms. The lowest BCUT2D eigenvalue weighted by atomic mass is 10.0. The van der Waals surface area contributed by atoms with Crippen LogP contribution in [0.25, 0.3) is 0 Å². The van der Waals surface area contributed by atoms with Gasteiger partial charge >= 0.3 is 0 Å². The number of aromatic nitrogens is 2. The Bertz CT molecular complexity index is 515. The lowest BCUT2D eigenvalue weighted by Gasteiger charge is -2.28. The number of halogens is 1. The van der Waals surface area contributed by atoms with E-state index in [9.17, 15) is 9.90 Å². The SMILES string of the molecule is O=C(Cn1cc(Cl)cn1)N1CC[C@](O)(CN2CCCC2)C1. The van der Waals surface area contributed by atoms with Gasteiger partial charge in [0, 0.05) is 19.3 Å². The van der Waals surface area contributed by atoms with E-state index in [1.807, 2.05) is 0 Å². The summed E-state index contributed by atoms with van der Waals surface area (Å²) in [7, 11) is 0. The van der Waals surface area contributed by atoms with Crippen LogP contribution in [0.1, 0.15) is 19.3 Å². The first-order valence-corrected chi connectivity index (χ1v) is 7.82. The summed E-state index contributed by atoms with van der Waals surface area (Å²) in [6.07, 6.45) is 6.21. The molecular formula is C14H21ClN4O2. The summed E-state index contributed by atoms with van der Waals surface area (Å²) >= 11 is 5.79. The number of amides is 1. The van der Waals surface area contributed by atoms with Gasteiger partial charge in [0.25, 0.3) is 0 Å². The van der Waals surface area contributed by atoms with E-state index in [0.717, 1.165) is 13.1 Å². The van der Waals surface area contributed by atoms with E-state index in [2.05, 4.69) is 10.00 Å². The van der Waals surface area contributed by atoms with Gasteiger partial charge < -0.3 is 14.9 Å². The number of aliphatic hydroxyl groups is 1. The van der Waals surface area contributed by atoms with Gasteiger partial charge in [0.1, 0.15) is 6.54 Å². The number of carbonyl (C=O) groups is 1. The van der Waals surface area contributed by atoms with Gasteiger partial charge in [-0.25, -0.2) is 0 Å². The second kappa shape index (κ2) is 5.94. The third-order valence-electron chi connectivity index (χ3n) is 4.30. The Balaban J connectivity index is 1.54. The van der Waals surface area contributed by atoms with Gasteiger partial charge in [0.2, 0.25) is 5.91 Å². The second-order valence-corrected chi connectivity index (χ2v) is 6.57. The molecule has 1 N–H and O–H groups in total. The maximum absolute atomic E-state index is 12.2. The van der Waals surface area contributed by atoms with Crippen LogP contribution in [0.5, 0.6) is 0 Å². The maximum atomic E-state index is 12.2. The summed E-state index contributed by atoms with van der Waals surface area (Å²) in [6.45, 7) is 3.98. The number of carbonyl (C=O) groups excluding carboxylic acids is 1. The molecule has 0 unspecified atom stereocenters. The fraction of sp³-hybridized carbons (Fsp3) is 0.714. The molecule has 21 heavy (non-hydrogen) atoms. The summed E-state index contributed by atoms with van der Waals surface area (Å²) in [5.41, 5.74) is -0.762. The van der Waals surface area contributed by atoms with E-state index in [-0.39, 0.29) is 12.5 Å². The number of hydrogen-bond donors (Lipinski definition) is 1. The van der Waals surface area contributed by atoms with Crippen molar-refractivity contribution in [2.45, 2.75) is 31.4 Å². The van der Waals surface area contributed by atoms with Crippen molar-refractivity contribution in [3.05, 3.63) is 17.4 Å². The zero-order valence-corrected chi connectivity index (χ0v) is 12.8. The standard InChI is InChI=1S/C14H21ClN4O2/c15-12-7-16-19(8-12)9-13(20)18-6-3-14(21,11-18)10-17-4-1-2-5-17/h7-8,21H,1-6,9-11H2/t14-/m0/s1. The molecule has 1 aromatic heterocycles. The molecular weight excluding hydrogens is 292 g/mol. The lowest BCUT2D eigenvalue weighted by molar-refractivity contribution is -0.132. The fourth-order valence-electron chi connectivity index (χ4n) is 3.22. The van der Waals surface area contributed by atoms with E-state index in [0.29, 0.717) is 31.1 Å². The molecule has 2 aliphatic rings. The summed E-state index contributed by atoms with van der Waals surface area (Å²) in [5.74, 6) is -0.0212. The molecule has 0 bridgehead atoms. The third kappa shape index (κ3) is 3.56. The number of likely N-dealkylation sites (tertiary alicyclic amines) is 2. The molecule has 3 heterocycles. The first-order chi connectivity index (χ1) is 10.0. The normalized spacial score (nSPS) is 26.7. The molecule has 6 nitrogen and oxygen atoms in total. The first-order valence-electron chi connectivity index (χ1n) is 7.45. The molecule has 2 saturated heterocycles. The van der Waals surface area contributed by atoms with Crippen LogP contribution in [0.2, 0.25) is 5.02 Å². The second-order valence-electron chi connectivity index (χ2n) is 6.13. The molecule has 2 fully saturated rings. The molecule has 0 saturated carbocycles. The van der Waals surface area contributed by atoms with Crippen molar-refractivity contribution < 1.29 is 9.90 Å². The van der Waals surface area contributed by atoms with Crippen LogP contribution in [0.15, 0.2) is 12.4 Å². The van der Waals surface area contributed by atoms with Crippen molar-refractivity contribution in [2.24, 2.45) is 0 Å². The highest BCUT2D eigenvalue weighted by molar-refractivity contribution is 6.30. The zero-order valence-electron chi connectivity index (χ0n) is 12.0. The van der Waals surface area contributed by atoms with Crippen molar-refractivity contribution in [3.63, 3.8) is 0 Å². The average Bonchev–Trinajstić information content (AvgIpc) is 3.13. The predicted molar refractivity (Wildman–Crippen MR) is 79.1 cm³/mol. The van der Waals surface area contributed by atoms with E-state index in [1.54, 1.807) is 11.1 Å². The minimum Gasteiger partial charge on any atom is -0.387 e. The van der Waals surface area contributed by atoms with Crippen LogP contribution in [-0.2, 0) is 11.3 Å². The molecule has 3 rings (SSSR count). The van der Waals surface area contributed by atoms with Gasteiger partial charge in [-0.15, -0.1) is 0 Å². The van der Waals surface area contributed by atoms with Crippen LogP contribution >= 0.6 is 11.6 Å². The largest absolute Gasteiger partial charge is 0.387 e. The summed E-state index contributed by atoms with van der Waals surface area (Å²) < 4.78 is 1.53. The topological polar surface area (TPSA) is 61.6 Å². The highest BCUT2D eigenvalue weighted by Gasteiger charge is 2.39. The van der Waals surface area contributed by atoms with E-state index in [4.69, 9.17) is 11.6 Å². The average molecular weight is 313 g/mol. The number of β-amino-alcohol motifs (C(OH)–C–C–N with tert-alkyl or cyclic N) is 1. The van der Waals surface area contributed by atoms with Gasteiger partial charge in [-0.2, -0.15) is 5.10 Å².